The van der Waals surface area contributed by atoms with Crippen LogP contribution in [-0.2, 0) is 9.59 Å². The standard InChI is InChI=1S/C22H30N2O5/c1-22(2)11-15-19(16(25)12-22)14(10-18(26)24(15)23(3)4)13-8-9-17(27-5)21(29-7)20(13)28-6/h8-9,14H,10-12H2,1-7H3. The summed E-state index contributed by atoms with van der Waals surface area (Å²) in [6, 6.07) is 3.65. The lowest BCUT2D eigenvalue weighted by molar-refractivity contribution is -0.143. The van der Waals surface area contributed by atoms with Gasteiger partial charge in [0, 0.05) is 49.7 Å². The molecule has 1 aliphatic heterocycles. The van der Waals surface area contributed by atoms with E-state index in [0.717, 1.165) is 11.3 Å². The Labute approximate surface area is 172 Å². The molecule has 0 aromatic heterocycles. The smallest absolute Gasteiger partial charge is 0.242 e. The molecule has 0 saturated carbocycles. The van der Waals surface area contributed by atoms with Crippen LogP contribution in [0.5, 0.6) is 17.2 Å². The maximum atomic E-state index is 13.3. The van der Waals surface area contributed by atoms with Crippen molar-refractivity contribution in [3.05, 3.63) is 29.0 Å². The highest BCUT2D eigenvalue weighted by Crippen LogP contribution is 2.51. The second kappa shape index (κ2) is 7.71. The molecular weight excluding hydrogens is 372 g/mol. The molecule has 3 rings (SSSR count). The van der Waals surface area contributed by atoms with Crippen molar-refractivity contribution in [1.29, 1.82) is 0 Å². The average Bonchev–Trinajstić information content (AvgIpc) is 2.64. The van der Waals surface area contributed by atoms with E-state index in [4.69, 9.17) is 14.2 Å². The number of amides is 1. The van der Waals surface area contributed by atoms with Crippen molar-refractivity contribution >= 4 is 11.7 Å². The summed E-state index contributed by atoms with van der Waals surface area (Å²) < 4.78 is 16.6. The number of Topliss-reactive ketones (excluding diaryl/α,β-unsaturated/α-hetero) is 1. The van der Waals surface area contributed by atoms with Gasteiger partial charge < -0.3 is 14.2 Å². The molecule has 1 heterocycles. The zero-order valence-electron chi connectivity index (χ0n) is 18.3. The Bertz CT molecular complexity index is 872. The Morgan fingerprint density at radius 2 is 1.66 bits per heavy atom. The Morgan fingerprint density at radius 1 is 1.00 bits per heavy atom. The van der Waals surface area contributed by atoms with Crippen molar-refractivity contribution < 1.29 is 23.8 Å². The summed E-state index contributed by atoms with van der Waals surface area (Å²) in [4.78, 5) is 26.4. The van der Waals surface area contributed by atoms with Gasteiger partial charge in [0.05, 0.1) is 21.3 Å². The van der Waals surface area contributed by atoms with Crippen LogP contribution in [-0.4, -0.2) is 57.1 Å². The van der Waals surface area contributed by atoms with Crippen LogP contribution in [0.15, 0.2) is 23.4 Å². The van der Waals surface area contributed by atoms with E-state index >= 15 is 0 Å². The van der Waals surface area contributed by atoms with Crippen molar-refractivity contribution in [2.45, 2.75) is 39.0 Å². The molecule has 1 aromatic rings. The number of carbonyl (C=O) groups excluding carboxylic acids is 2. The quantitative estimate of drug-likeness (QED) is 0.754. The van der Waals surface area contributed by atoms with E-state index in [2.05, 4.69) is 13.8 Å². The fraction of sp³-hybridized carbons (Fsp3) is 0.545. The van der Waals surface area contributed by atoms with Crippen LogP contribution in [0.1, 0.15) is 44.6 Å². The molecule has 1 amide bonds. The summed E-state index contributed by atoms with van der Waals surface area (Å²) in [5.74, 6) is 1.15. The number of ether oxygens (including phenoxy) is 3. The normalized spacial score (nSPS) is 21.4. The Hall–Kier alpha value is -2.54. The van der Waals surface area contributed by atoms with Crippen molar-refractivity contribution in [3.63, 3.8) is 0 Å². The minimum absolute atomic E-state index is 0.0407. The molecule has 158 valence electrons. The Balaban J connectivity index is 2.24. The molecule has 0 N–H and O–H groups in total. The van der Waals surface area contributed by atoms with Gasteiger partial charge in [-0.05, 0) is 17.9 Å². The molecule has 29 heavy (non-hydrogen) atoms. The SMILES string of the molecule is COc1ccc(C2CC(=O)N(N(C)C)C3=C2C(=O)CC(C)(C)C3)c(OC)c1OC. The van der Waals surface area contributed by atoms with Gasteiger partial charge in [-0.3, -0.25) is 9.59 Å². The second-order valence-electron chi connectivity index (χ2n) is 8.53. The molecule has 7 heteroatoms. The van der Waals surface area contributed by atoms with Crippen molar-refractivity contribution in [1.82, 2.24) is 10.0 Å². The van der Waals surface area contributed by atoms with Crippen LogP contribution in [0.2, 0.25) is 0 Å². The molecule has 0 saturated heterocycles. The van der Waals surface area contributed by atoms with Crippen LogP contribution >= 0.6 is 0 Å². The molecule has 0 fully saturated rings. The van der Waals surface area contributed by atoms with Crippen LogP contribution in [0.3, 0.4) is 0 Å². The van der Waals surface area contributed by atoms with E-state index in [1.165, 1.54) is 0 Å². The fourth-order valence-electron chi connectivity index (χ4n) is 4.53. The van der Waals surface area contributed by atoms with E-state index in [9.17, 15) is 9.59 Å². The van der Waals surface area contributed by atoms with Crippen molar-refractivity contribution in [2.24, 2.45) is 5.41 Å². The summed E-state index contributed by atoms with van der Waals surface area (Å²) in [5.41, 5.74) is 2.04. The molecule has 1 atom stereocenters. The maximum absolute atomic E-state index is 13.3. The number of ketones is 1. The lowest BCUT2D eigenvalue weighted by Gasteiger charge is -2.44. The highest BCUT2D eigenvalue weighted by molar-refractivity contribution is 6.02. The zero-order chi connectivity index (χ0) is 21.5. The van der Waals surface area contributed by atoms with Gasteiger partial charge in [-0.1, -0.05) is 19.9 Å². The minimum Gasteiger partial charge on any atom is -0.493 e. The van der Waals surface area contributed by atoms with E-state index in [1.54, 1.807) is 37.4 Å². The van der Waals surface area contributed by atoms with Gasteiger partial charge in [-0.2, -0.15) is 0 Å². The lowest BCUT2D eigenvalue weighted by Crippen LogP contribution is -2.49. The summed E-state index contributed by atoms with van der Waals surface area (Å²) in [7, 11) is 8.31. The third-order valence-corrected chi connectivity index (χ3v) is 5.63. The van der Waals surface area contributed by atoms with Gasteiger partial charge in [0.15, 0.2) is 17.3 Å². The molecule has 7 nitrogen and oxygen atoms in total. The number of benzene rings is 1. The topological polar surface area (TPSA) is 68.3 Å². The number of hydrazine groups is 1. The van der Waals surface area contributed by atoms with Gasteiger partial charge >= 0.3 is 0 Å². The molecule has 0 bridgehead atoms. The van der Waals surface area contributed by atoms with Crippen molar-refractivity contribution in [3.8, 4) is 17.2 Å². The summed E-state index contributed by atoms with van der Waals surface area (Å²) in [6.45, 7) is 4.13. The summed E-state index contributed by atoms with van der Waals surface area (Å²) in [5, 5.41) is 3.41. The number of nitrogens with zero attached hydrogens (tertiary/aromatic N) is 2. The lowest BCUT2D eigenvalue weighted by atomic mass is 9.69. The van der Waals surface area contributed by atoms with Gasteiger partial charge in [-0.15, -0.1) is 0 Å². The van der Waals surface area contributed by atoms with Gasteiger partial charge in [0.25, 0.3) is 0 Å². The first-order chi connectivity index (χ1) is 13.6. The van der Waals surface area contributed by atoms with E-state index in [0.29, 0.717) is 35.7 Å². The monoisotopic (exact) mass is 402 g/mol. The molecule has 0 radical (unpaired) electrons. The fourth-order valence-corrected chi connectivity index (χ4v) is 4.53. The van der Waals surface area contributed by atoms with Gasteiger partial charge in [-0.25, -0.2) is 10.0 Å². The van der Waals surface area contributed by atoms with Crippen LogP contribution < -0.4 is 14.2 Å². The number of rotatable bonds is 5. The molecule has 1 aromatic carbocycles. The molecule has 1 unspecified atom stereocenters. The van der Waals surface area contributed by atoms with Crippen LogP contribution in [0.25, 0.3) is 0 Å². The molecule has 0 spiro atoms. The minimum atomic E-state index is -0.382. The molecular formula is C22H30N2O5. The largest absolute Gasteiger partial charge is 0.493 e. The van der Waals surface area contributed by atoms with Crippen LogP contribution in [0, 0.1) is 5.41 Å². The van der Waals surface area contributed by atoms with E-state index in [-0.39, 0.29) is 29.4 Å². The Kier molecular flexibility index (Phi) is 5.63. The highest BCUT2D eigenvalue weighted by atomic mass is 16.5. The summed E-state index contributed by atoms with van der Waals surface area (Å²) >= 11 is 0. The van der Waals surface area contributed by atoms with Crippen LogP contribution in [0.4, 0.5) is 0 Å². The molecule has 1 aliphatic carbocycles. The maximum Gasteiger partial charge on any atom is 0.242 e. The first kappa shape index (κ1) is 21.2. The zero-order valence-corrected chi connectivity index (χ0v) is 18.3. The first-order valence-corrected chi connectivity index (χ1v) is 9.70. The molecule has 2 aliphatic rings. The van der Waals surface area contributed by atoms with Gasteiger partial charge in [0.1, 0.15) is 0 Å². The van der Waals surface area contributed by atoms with E-state index < -0.39 is 0 Å². The second-order valence-corrected chi connectivity index (χ2v) is 8.53. The highest BCUT2D eigenvalue weighted by Gasteiger charge is 2.45. The number of methoxy groups -OCH3 is 3. The van der Waals surface area contributed by atoms with Gasteiger partial charge in [0.2, 0.25) is 11.7 Å². The van der Waals surface area contributed by atoms with E-state index in [1.807, 2.05) is 20.2 Å². The summed E-state index contributed by atoms with van der Waals surface area (Å²) in [6.07, 6.45) is 1.30. The number of hydrogen-bond acceptors (Lipinski definition) is 6. The third kappa shape index (κ3) is 3.59. The number of hydrogen-bond donors (Lipinski definition) is 0. The average molecular weight is 402 g/mol. The Morgan fingerprint density at radius 3 is 2.21 bits per heavy atom. The number of allylic oxidation sites excluding steroid dienone is 2. The first-order valence-electron chi connectivity index (χ1n) is 9.70. The third-order valence-electron chi connectivity index (χ3n) is 5.63. The predicted molar refractivity (Wildman–Crippen MR) is 109 cm³/mol. The predicted octanol–water partition coefficient (Wildman–Crippen LogP) is 3.15. The van der Waals surface area contributed by atoms with Crippen molar-refractivity contribution in [2.75, 3.05) is 35.4 Å². The number of carbonyl (C=O) groups is 2.